The minimum Gasteiger partial charge on any atom is -0.352 e. The van der Waals surface area contributed by atoms with Crippen molar-refractivity contribution in [3.8, 4) is 11.3 Å². The van der Waals surface area contributed by atoms with Crippen LogP contribution in [0.2, 0.25) is 0 Å². The van der Waals surface area contributed by atoms with Crippen molar-refractivity contribution in [3.63, 3.8) is 0 Å². The van der Waals surface area contributed by atoms with E-state index >= 15 is 0 Å². The minimum absolute atomic E-state index is 0.0983. The Hall–Kier alpha value is -1.76. The smallest absolute Gasteiger partial charge is 0.225 e. The second-order valence-corrected chi connectivity index (χ2v) is 9.56. The van der Waals surface area contributed by atoms with Crippen molar-refractivity contribution >= 4 is 17.2 Å². The maximum Gasteiger partial charge on any atom is 0.225 e. The Morgan fingerprint density at radius 1 is 1.21 bits per heavy atom. The van der Waals surface area contributed by atoms with Crippen LogP contribution in [0.5, 0.6) is 0 Å². The molecule has 1 saturated heterocycles. The number of aryl methyl sites for hydroxylation is 3. The summed E-state index contributed by atoms with van der Waals surface area (Å²) in [6.45, 7) is 13.7. The normalized spacial score (nSPS) is 16.7. The Balaban J connectivity index is 1.66. The fourth-order valence-corrected chi connectivity index (χ4v) is 4.78. The van der Waals surface area contributed by atoms with Gasteiger partial charge in [-0.25, -0.2) is 4.98 Å². The Morgan fingerprint density at radius 2 is 1.93 bits per heavy atom. The first-order valence-electron chi connectivity index (χ1n) is 10.6. The molecule has 2 aromatic rings. The number of rotatable bonds is 7. The zero-order chi connectivity index (χ0) is 21.0. The number of amides is 1. The van der Waals surface area contributed by atoms with E-state index in [9.17, 15) is 4.79 Å². The van der Waals surface area contributed by atoms with Crippen molar-refractivity contribution < 1.29 is 4.79 Å². The molecule has 1 aliphatic heterocycles. The Morgan fingerprint density at radius 3 is 2.62 bits per heavy atom. The molecule has 1 aromatic carbocycles. The molecule has 1 N–H and O–H groups in total. The molecule has 6 heteroatoms. The Labute approximate surface area is 179 Å². The van der Waals surface area contributed by atoms with Crippen LogP contribution >= 0.6 is 11.3 Å². The Bertz CT molecular complexity index is 839. The summed E-state index contributed by atoms with van der Waals surface area (Å²) >= 11 is 1.63. The standard InChI is InChI=1S/C23H34N4OS/c1-6-19(15-27-11-9-26(5)10-12-27)25-22(28)14-21-23(24-18(4)29-21)20-13-16(2)7-8-17(20)3/h7-8,13,19H,6,9-12,14-15H2,1-5H3,(H,25,28)/t19-/m1/s1. The molecule has 2 heterocycles. The molecule has 3 rings (SSSR count). The van der Waals surface area contributed by atoms with Gasteiger partial charge in [0.1, 0.15) is 0 Å². The molecule has 1 aromatic heterocycles. The van der Waals surface area contributed by atoms with Crippen molar-refractivity contribution in [1.29, 1.82) is 0 Å². The minimum atomic E-state index is 0.0983. The lowest BCUT2D eigenvalue weighted by atomic mass is 10.0. The van der Waals surface area contributed by atoms with Crippen molar-refractivity contribution in [1.82, 2.24) is 20.1 Å². The number of likely N-dealkylation sites (N-methyl/N-ethyl adjacent to an activating group) is 1. The van der Waals surface area contributed by atoms with Crippen LogP contribution in [0.3, 0.4) is 0 Å². The van der Waals surface area contributed by atoms with E-state index in [0.29, 0.717) is 6.42 Å². The van der Waals surface area contributed by atoms with E-state index in [1.807, 2.05) is 6.92 Å². The molecular formula is C23H34N4OS. The number of hydrogen-bond donors (Lipinski definition) is 1. The number of thiazole rings is 1. The summed E-state index contributed by atoms with van der Waals surface area (Å²) in [4.78, 5) is 23.5. The van der Waals surface area contributed by atoms with E-state index in [4.69, 9.17) is 4.98 Å². The molecule has 0 bridgehead atoms. The second-order valence-electron chi connectivity index (χ2n) is 8.28. The highest BCUT2D eigenvalue weighted by Gasteiger charge is 2.21. The topological polar surface area (TPSA) is 48.5 Å². The van der Waals surface area contributed by atoms with Crippen LogP contribution in [-0.2, 0) is 11.2 Å². The summed E-state index contributed by atoms with van der Waals surface area (Å²) < 4.78 is 0. The number of piperazine rings is 1. The molecule has 0 spiro atoms. The van der Waals surface area contributed by atoms with Gasteiger partial charge >= 0.3 is 0 Å². The molecule has 1 amide bonds. The lowest BCUT2D eigenvalue weighted by molar-refractivity contribution is -0.121. The quantitative estimate of drug-likeness (QED) is 0.754. The van der Waals surface area contributed by atoms with Gasteiger partial charge < -0.3 is 10.2 Å². The van der Waals surface area contributed by atoms with Gasteiger partial charge in [0, 0.05) is 49.2 Å². The molecule has 0 aliphatic carbocycles. The number of nitrogens with one attached hydrogen (secondary N) is 1. The number of benzene rings is 1. The SMILES string of the molecule is CC[C@H](CN1CCN(C)CC1)NC(=O)Cc1sc(C)nc1-c1cc(C)ccc1C. The van der Waals surface area contributed by atoms with Crippen LogP contribution in [-0.4, -0.2) is 66.5 Å². The van der Waals surface area contributed by atoms with Crippen molar-refractivity contribution in [2.75, 3.05) is 39.8 Å². The second kappa shape index (κ2) is 9.83. The van der Waals surface area contributed by atoms with Crippen molar-refractivity contribution in [3.05, 3.63) is 39.2 Å². The van der Waals surface area contributed by atoms with E-state index in [1.165, 1.54) is 11.1 Å². The zero-order valence-corrected chi connectivity index (χ0v) is 19.2. The van der Waals surface area contributed by atoms with Gasteiger partial charge in [-0.05, 0) is 45.9 Å². The van der Waals surface area contributed by atoms with E-state index < -0.39 is 0 Å². The predicted molar refractivity (Wildman–Crippen MR) is 122 cm³/mol. The van der Waals surface area contributed by atoms with Gasteiger partial charge in [-0.15, -0.1) is 11.3 Å². The van der Waals surface area contributed by atoms with Crippen LogP contribution in [0, 0.1) is 20.8 Å². The highest BCUT2D eigenvalue weighted by molar-refractivity contribution is 7.12. The van der Waals surface area contributed by atoms with Crippen LogP contribution in [0.4, 0.5) is 0 Å². The zero-order valence-electron chi connectivity index (χ0n) is 18.4. The molecule has 1 fully saturated rings. The molecule has 0 radical (unpaired) electrons. The van der Waals surface area contributed by atoms with Crippen LogP contribution in [0.25, 0.3) is 11.3 Å². The van der Waals surface area contributed by atoms with Crippen LogP contribution < -0.4 is 5.32 Å². The molecule has 0 saturated carbocycles. The van der Waals surface area contributed by atoms with Gasteiger partial charge in [0.25, 0.3) is 0 Å². The van der Waals surface area contributed by atoms with E-state index in [2.05, 4.69) is 61.1 Å². The number of nitrogens with zero attached hydrogens (tertiary/aromatic N) is 3. The van der Waals surface area contributed by atoms with E-state index in [-0.39, 0.29) is 11.9 Å². The molecule has 1 aliphatic rings. The average Bonchev–Trinajstić information content (AvgIpc) is 3.04. The molecular weight excluding hydrogens is 380 g/mol. The molecule has 1 atom stereocenters. The fourth-order valence-electron chi connectivity index (χ4n) is 3.83. The van der Waals surface area contributed by atoms with Gasteiger partial charge in [0.15, 0.2) is 0 Å². The highest BCUT2D eigenvalue weighted by atomic mass is 32.1. The number of carbonyl (C=O) groups is 1. The summed E-state index contributed by atoms with van der Waals surface area (Å²) in [6, 6.07) is 6.62. The van der Waals surface area contributed by atoms with Crippen LogP contribution in [0.1, 0.15) is 34.4 Å². The third-order valence-corrected chi connectivity index (χ3v) is 6.68. The molecule has 5 nitrogen and oxygen atoms in total. The third-order valence-electron chi connectivity index (χ3n) is 5.71. The summed E-state index contributed by atoms with van der Waals surface area (Å²) in [6.07, 6.45) is 1.34. The van der Waals surface area contributed by atoms with Crippen molar-refractivity contribution in [2.45, 2.75) is 46.6 Å². The van der Waals surface area contributed by atoms with Gasteiger partial charge in [-0.3, -0.25) is 9.69 Å². The maximum absolute atomic E-state index is 12.9. The van der Waals surface area contributed by atoms with Gasteiger partial charge in [0.05, 0.1) is 17.1 Å². The van der Waals surface area contributed by atoms with Gasteiger partial charge in [-0.1, -0.05) is 24.6 Å². The monoisotopic (exact) mass is 414 g/mol. The summed E-state index contributed by atoms with van der Waals surface area (Å²) in [5.41, 5.74) is 4.52. The van der Waals surface area contributed by atoms with E-state index in [1.54, 1.807) is 11.3 Å². The summed E-state index contributed by atoms with van der Waals surface area (Å²) in [5.74, 6) is 0.0983. The summed E-state index contributed by atoms with van der Waals surface area (Å²) in [7, 11) is 2.17. The highest BCUT2D eigenvalue weighted by Crippen LogP contribution is 2.31. The lowest BCUT2D eigenvalue weighted by Crippen LogP contribution is -2.50. The number of carbonyl (C=O) groups excluding carboxylic acids is 1. The lowest BCUT2D eigenvalue weighted by Gasteiger charge is -2.34. The maximum atomic E-state index is 12.9. The fraction of sp³-hybridized carbons (Fsp3) is 0.565. The van der Waals surface area contributed by atoms with Gasteiger partial charge in [-0.2, -0.15) is 0 Å². The average molecular weight is 415 g/mol. The molecule has 29 heavy (non-hydrogen) atoms. The first-order valence-corrected chi connectivity index (χ1v) is 11.4. The number of hydrogen-bond acceptors (Lipinski definition) is 5. The third kappa shape index (κ3) is 5.87. The number of aromatic nitrogens is 1. The van der Waals surface area contributed by atoms with E-state index in [0.717, 1.165) is 60.3 Å². The largest absolute Gasteiger partial charge is 0.352 e. The first kappa shape index (κ1) is 21.9. The Kier molecular flexibility index (Phi) is 7.44. The summed E-state index contributed by atoms with van der Waals surface area (Å²) in [5, 5.41) is 4.28. The molecule has 0 unspecified atom stereocenters. The first-order chi connectivity index (χ1) is 13.9. The van der Waals surface area contributed by atoms with Crippen LogP contribution in [0.15, 0.2) is 18.2 Å². The van der Waals surface area contributed by atoms with Gasteiger partial charge in [0.2, 0.25) is 5.91 Å². The molecule has 158 valence electrons. The van der Waals surface area contributed by atoms with Crippen molar-refractivity contribution in [2.24, 2.45) is 0 Å². The predicted octanol–water partition coefficient (Wildman–Crippen LogP) is 3.42.